The van der Waals surface area contributed by atoms with E-state index in [-0.39, 0.29) is 5.91 Å². The van der Waals surface area contributed by atoms with Crippen LogP contribution in [0.25, 0.3) is 0 Å². The van der Waals surface area contributed by atoms with Gasteiger partial charge in [0.05, 0.1) is 6.54 Å². The summed E-state index contributed by atoms with van der Waals surface area (Å²) in [7, 11) is 0. The van der Waals surface area contributed by atoms with Crippen molar-refractivity contribution in [2.75, 3.05) is 42.9 Å². The number of carbonyl (C=O) groups is 1. The molecule has 0 bridgehead atoms. The molecule has 132 valence electrons. The highest BCUT2D eigenvalue weighted by Crippen LogP contribution is 2.29. The van der Waals surface area contributed by atoms with E-state index in [1.807, 2.05) is 12.1 Å². The van der Waals surface area contributed by atoms with Crippen molar-refractivity contribution in [3.8, 4) is 0 Å². The van der Waals surface area contributed by atoms with Gasteiger partial charge in [0.15, 0.2) is 0 Å². The van der Waals surface area contributed by atoms with Crippen molar-refractivity contribution in [1.82, 2.24) is 4.90 Å². The average molecular weight is 329 g/mol. The lowest BCUT2D eigenvalue weighted by atomic mass is 10.1. The van der Waals surface area contributed by atoms with E-state index in [0.29, 0.717) is 6.54 Å². The zero-order valence-corrected chi connectivity index (χ0v) is 15.0. The van der Waals surface area contributed by atoms with Gasteiger partial charge in [0.25, 0.3) is 0 Å². The molecular weight excluding hydrogens is 298 g/mol. The molecule has 24 heavy (non-hydrogen) atoms. The van der Waals surface area contributed by atoms with Crippen LogP contribution in [0.1, 0.15) is 45.4 Å². The van der Waals surface area contributed by atoms with Gasteiger partial charge in [-0.1, -0.05) is 6.92 Å². The van der Waals surface area contributed by atoms with E-state index in [2.05, 4.69) is 34.2 Å². The molecule has 1 aromatic rings. The summed E-state index contributed by atoms with van der Waals surface area (Å²) in [6, 6.07) is 8.34. The van der Waals surface area contributed by atoms with Crippen molar-refractivity contribution < 1.29 is 4.79 Å². The van der Waals surface area contributed by atoms with Crippen LogP contribution in [0, 0.1) is 5.92 Å². The van der Waals surface area contributed by atoms with Crippen molar-refractivity contribution in [2.45, 2.75) is 45.4 Å². The number of nitrogens with one attached hydrogen (secondary N) is 1. The number of piperidine rings is 1. The number of hydrogen-bond acceptors (Lipinski definition) is 3. The summed E-state index contributed by atoms with van der Waals surface area (Å²) in [6.07, 6.45) is 7.68. The second-order valence-corrected chi connectivity index (χ2v) is 7.32. The average Bonchev–Trinajstić information content (AvgIpc) is 3.40. The van der Waals surface area contributed by atoms with Crippen molar-refractivity contribution in [3.05, 3.63) is 24.3 Å². The van der Waals surface area contributed by atoms with E-state index in [9.17, 15) is 4.79 Å². The molecule has 4 nitrogen and oxygen atoms in total. The SMILES string of the molecule is CCCN(CC(=O)Nc1ccc(N2CCCCC2)cc1)CC1CC1. The van der Waals surface area contributed by atoms with Crippen LogP contribution in [0.15, 0.2) is 24.3 Å². The van der Waals surface area contributed by atoms with Crippen molar-refractivity contribution in [3.63, 3.8) is 0 Å². The van der Waals surface area contributed by atoms with Gasteiger partial charge < -0.3 is 10.2 Å². The molecule has 0 unspecified atom stereocenters. The Morgan fingerprint density at radius 2 is 1.88 bits per heavy atom. The summed E-state index contributed by atoms with van der Waals surface area (Å²) >= 11 is 0. The Labute approximate surface area is 146 Å². The quantitative estimate of drug-likeness (QED) is 0.789. The molecular formula is C20H31N3O. The van der Waals surface area contributed by atoms with Gasteiger partial charge in [-0.3, -0.25) is 9.69 Å². The lowest BCUT2D eigenvalue weighted by molar-refractivity contribution is -0.117. The zero-order valence-electron chi connectivity index (χ0n) is 15.0. The van der Waals surface area contributed by atoms with Crippen LogP contribution in [-0.2, 0) is 4.79 Å². The Balaban J connectivity index is 1.49. The Morgan fingerprint density at radius 3 is 2.50 bits per heavy atom. The monoisotopic (exact) mass is 329 g/mol. The molecule has 1 amide bonds. The third kappa shape index (κ3) is 5.23. The fraction of sp³-hybridized carbons (Fsp3) is 0.650. The fourth-order valence-electron chi connectivity index (χ4n) is 3.53. The minimum absolute atomic E-state index is 0.106. The van der Waals surface area contributed by atoms with E-state index in [1.54, 1.807) is 0 Å². The molecule has 0 spiro atoms. The predicted octanol–water partition coefficient (Wildman–Crippen LogP) is 3.74. The summed E-state index contributed by atoms with van der Waals surface area (Å²) in [5.74, 6) is 0.933. The minimum Gasteiger partial charge on any atom is -0.372 e. The van der Waals surface area contributed by atoms with Gasteiger partial charge in [0.2, 0.25) is 5.91 Å². The molecule has 1 heterocycles. The molecule has 1 N–H and O–H groups in total. The third-order valence-corrected chi connectivity index (χ3v) is 4.99. The molecule has 4 heteroatoms. The van der Waals surface area contributed by atoms with E-state index in [1.165, 1.54) is 37.8 Å². The van der Waals surface area contributed by atoms with Crippen molar-refractivity contribution >= 4 is 17.3 Å². The van der Waals surface area contributed by atoms with Gasteiger partial charge >= 0.3 is 0 Å². The van der Waals surface area contributed by atoms with Crippen LogP contribution < -0.4 is 10.2 Å². The van der Waals surface area contributed by atoms with Crippen LogP contribution in [0.3, 0.4) is 0 Å². The topological polar surface area (TPSA) is 35.6 Å². The lowest BCUT2D eigenvalue weighted by Gasteiger charge is -2.28. The molecule has 2 aliphatic rings. The van der Waals surface area contributed by atoms with Gasteiger partial charge in [0.1, 0.15) is 0 Å². The minimum atomic E-state index is 0.106. The number of nitrogens with zero attached hydrogens (tertiary/aromatic N) is 2. The van der Waals surface area contributed by atoms with Crippen molar-refractivity contribution in [2.24, 2.45) is 5.92 Å². The summed E-state index contributed by atoms with van der Waals surface area (Å²) in [5.41, 5.74) is 2.18. The standard InChI is InChI=1S/C20H31N3O/c1-2-12-22(15-17-6-7-17)16-20(24)21-18-8-10-19(11-9-18)23-13-4-3-5-14-23/h8-11,17H,2-7,12-16H2,1H3,(H,21,24). The highest BCUT2D eigenvalue weighted by molar-refractivity contribution is 5.92. The first-order chi connectivity index (χ1) is 11.7. The van der Waals surface area contributed by atoms with Crippen LogP contribution in [0.4, 0.5) is 11.4 Å². The summed E-state index contributed by atoms with van der Waals surface area (Å²) in [4.78, 5) is 17.1. The zero-order chi connectivity index (χ0) is 16.8. The molecule has 0 aromatic heterocycles. The van der Waals surface area contributed by atoms with Gasteiger partial charge in [-0.15, -0.1) is 0 Å². The molecule has 1 saturated carbocycles. The number of amides is 1. The van der Waals surface area contributed by atoms with Gasteiger partial charge in [0, 0.05) is 31.0 Å². The fourth-order valence-corrected chi connectivity index (χ4v) is 3.53. The van der Waals surface area contributed by atoms with E-state index < -0.39 is 0 Å². The van der Waals surface area contributed by atoms with E-state index in [4.69, 9.17) is 0 Å². The highest BCUT2D eigenvalue weighted by atomic mass is 16.2. The van der Waals surface area contributed by atoms with Gasteiger partial charge in [-0.2, -0.15) is 0 Å². The molecule has 1 aliphatic carbocycles. The number of rotatable bonds is 8. The molecule has 0 radical (unpaired) electrons. The first-order valence-electron chi connectivity index (χ1n) is 9.62. The Bertz CT molecular complexity index is 518. The first kappa shape index (κ1) is 17.3. The van der Waals surface area contributed by atoms with E-state index >= 15 is 0 Å². The summed E-state index contributed by atoms with van der Waals surface area (Å²) in [5, 5.41) is 3.06. The smallest absolute Gasteiger partial charge is 0.238 e. The van der Waals surface area contributed by atoms with Crippen LogP contribution in [0.5, 0.6) is 0 Å². The molecule has 1 aliphatic heterocycles. The van der Waals surface area contributed by atoms with Crippen LogP contribution >= 0.6 is 0 Å². The van der Waals surface area contributed by atoms with Crippen molar-refractivity contribution in [1.29, 1.82) is 0 Å². The third-order valence-electron chi connectivity index (χ3n) is 4.99. The number of anilines is 2. The molecule has 0 atom stereocenters. The normalized spacial score (nSPS) is 18.0. The number of benzene rings is 1. The Morgan fingerprint density at radius 1 is 1.17 bits per heavy atom. The summed E-state index contributed by atoms with van der Waals surface area (Å²) in [6.45, 7) is 7.08. The maximum Gasteiger partial charge on any atom is 0.238 e. The number of carbonyl (C=O) groups excluding carboxylic acids is 1. The second-order valence-electron chi connectivity index (χ2n) is 7.32. The predicted molar refractivity (Wildman–Crippen MR) is 101 cm³/mol. The Kier molecular flexibility index (Phi) is 6.13. The molecule has 1 aromatic carbocycles. The molecule has 3 rings (SSSR count). The van der Waals surface area contributed by atoms with E-state index in [0.717, 1.165) is 44.2 Å². The largest absolute Gasteiger partial charge is 0.372 e. The Hall–Kier alpha value is -1.55. The molecule has 1 saturated heterocycles. The molecule has 2 fully saturated rings. The van der Waals surface area contributed by atoms with Gasteiger partial charge in [-0.05, 0) is 75.3 Å². The maximum atomic E-state index is 12.3. The van der Waals surface area contributed by atoms with Crippen LogP contribution in [-0.4, -0.2) is 43.5 Å². The second kappa shape index (κ2) is 8.52. The lowest BCUT2D eigenvalue weighted by Crippen LogP contribution is -2.35. The summed E-state index contributed by atoms with van der Waals surface area (Å²) < 4.78 is 0. The van der Waals surface area contributed by atoms with Gasteiger partial charge in [-0.25, -0.2) is 0 Å². The van der Waals surface area contributed by atoms with Crippen LogP contribution in [0.2, 0.25) is 0 Å². The highest BCUT2D eigenvalue weighted by Gasteiger charge is 2.24. The maximum absolute atomic E-state index is 12.3. The number of hydrogen-bond donors (Lipinski definition) is 1. The first-order valence-corrected chi connectivity index (χ1v) is 9.62.